The Balaban J connectivity index is 1.44. The summed E-state index contributed by atoms with van der Waals surface area (Å²) in [7, 11) is 2.86. The molecule has 30 heavy (non-hydrogen) atoms. The summed E-state index contributed by atoms with van der Waals surface area (Å²) in [4.78, 5) is 12.4. The second-order valence-corrected chi connectivity index (χ2v) is 6.57. The molecule has 0 fully saturated rings. The zero-order valence-electron chi connectivity index (χ0n) is 16.4. The van der Waals surface area contributed by atoms with Crippen molar-refractivity contribution in [1.29, 1.82) is 0 Å². The number of nitrogens with one attached hydrogen (secondary N) is 1. The lowest BCUT2D eigenvalue weighted by atomic mass is 10.1. The molecular formula is C22H20N2O6. The van der Waals surface area contributed by atoms with Crippen LogP contribution in [0.3, 0.4) is 0 Å². The van der Waals surface area contributed by atoms with Crippen molar-refractivity contribution < 1.29 is 28.8 Å². The standard InChI is InChI=1S/C22H20N2O6/c1-27-18-7-13(8-19(28-2)21(18)25)11-23-24-22(26)20-12-29-16-9-14-5-3-4-6-15(14)10-17(16)30-20/h3-11,20,25H,12H2,1-2H3,(H,24,26)/b23-11+. The van der Waals surface area contributed by atoms with Crippen LogP contribution < -0.4 is 24.4 Å². The van der Waals surface area contributed by atoms with Crippen LogP contribution >= 0.6 is 0 Å². The summed E-state index contributed by atoms with van der Waals surface area (Å²) in [5, 5.41) is 15.9. The van der Waals surface area contributed by atoms with E-state index < -0.39 is 12.0 Å². The molecule has 1 aliphatic heterocycles. The van der Waals surface area contributed by atoms with E-state index in [1.165, 1.54) is 20.4 Å². The fourth-order valence-corrected chi connectivity index (χ4v) is 3.12. The fourth-order valence-electron chi connectivity index (χ4n) is 3.12. The van der Waals surface area contributed by atoms with Crippen molar-refractivity contribution in [2.45, 2.75) is 6.10 Å². The molecule has 0 saturated carbocycles. The number of carbonyl (C=O) groups excluding carboxylic acids is 1. The summed E-state index contributed by atoms with van der Waals surface area (Å²) >= 11 is 0. The third-order valence-corrected chi connectivity index (χ3v) is 4.65. The number of methoxy groups -OCH3 is 2. The van der Waals surface area contributed by atoms with Crippen LogP contribution in [0, 0.1) is 0 Å². The predicted octanol–water partition coefficient (Wildman–Crippen LogP) is 2.85. The van der Waals surface area contributed by atoms with Crippen molar-refractivity contribution in [2.24, 2.45) is 5.10 Å². The van der Waals surface area contributed by atoms with E-state index in [2.05, 4.69) is 10.5 Å². The quantitative estimate of drug-likeness (QED) is 0.498. The molecule has 0 spiro atoms. The maximum absolute atomic E-state index is 12.4. The van der Waals surface area contributed by atoms with Crippen molar-refractivity contribution in [3.05, 3.63) is 54.1 Å². The highest BCUT2D eigenvalue weighted by Crippen LogP contribution is 2.37. The maximum Gasteiger partial charge on any atom is 0.284 e. The number of phenols is 1. The highest BCUT2D eigenvalue weighted by Gasteiger charge is 2.27. The molecule has 1 amide bonds. The highest BCUT2D eigenvalue weighted by atomic mass is 16.6. The molecule has 0 bridgehead atoms. The van der Waals surface area contributed by atoms with Crippen LogP contribution in [0.1, 0.15) is 5.56 Å². The van der Waals surface area contributed by atoms with Gasteiger partial charge in [0.2, 0.25) is 11.9 Å². The number of aromatic hydroxyl groups is 1. The Kier molecular flexibility index (Phi) is 5.30. The number of ether oxygens (including phenoxy) is 4. The zero-order valence-corrected chi connectivity index (χ0v) is 16.4. The van der Waals surface area contributed by atoms with Gasteiger partial charge in [-0.3, -0.25) is 4.79 Å². The largest absolute Gasteiger partial charge is 0.502 e. The predicted molar refractivity (Wildman–Crippen MR) is 111 cm³/mol. The van der Waals surface area contributed by atoms with Crippen LogP contribution in [0.5, 0.6) is 28.7 Å². The molecule has 4 rings (SSSR count). The molecule has 0 aromatic heterocycles. The molecule has 8 nitrogen and oxygen atoms in total. The Bertz CT molecular complexity index is 1100. The minimum absolute atomic E-state index is 0.0769. The van der Waals surface area contributed by atoms with Crippen LogP contribution in [-0.4, -0.2) is 44.2 Å². The Morgan fingerprint density at radius 3 is 2.37 bits per heavy atom. The number of nitrogens with zero attached hydrogens (tertiary/aromatic N) is 1. The summed E-state index contributed by atoms with van der Waals surface area (Å²) in [5.41, 5.74) is 3.01. The average molecular weight is 408 g/mol. The van der Waals surface area contributed by atoms with Crippen molar-refractivity contribution >= 4 is 22.9 Å². The van der Waals surface area contributed by atoms with Crippen LogP contribution in [0.15, 0.2) is 53.6 Å². The number of hydrazone groups is 1. The second-order valence-electron chi connectivity index (χ2n) is 6.57. The third-order valence-electron chi connectivity index (χ3n) is 4.65. The van der Waals surface area contributed by atoms with E-state index in [4.69, 9.17) is 18.9 Å². The van der Waals surface area contributed by atoms with Gasteiger partial charge in [0.25, 0.3) is 5.91 Å². The van der Waals surface area contributed by atoms with Crippen LogP contribution in [0.25, 0.3) is 10.8 Å². The van der Waals surface area contributed by atoms with Crippen molar-refractivity contribution in [3.63, 3.8) is 0 Å². The normalized spacial score (nSPS) is 15.2. The molecule has 3 aromatic carbocycles. The zero-order chi connectivity index (χ0) is 21.1. The molecule has 154 valence electrons. The van der Waals surface area contributed by atoms with E-state index in [1.807, 2.05) is 36.4 Å². The number of hydrogen-bond donors (Lipinski definition) is 2. The minimum Gasteiger partial charge on any atom is -0.502 e. The summed E-state index contributed by atoms with van der Waals surface area (Å²) in [6.07, 6.45) is 0.577. The molecular weight excluding hydrogens is 388 g/mol. The lowest BCUT2D eigenvalue weighted by Crippen LogP contribution is -2.42. The lowest BCUT2D eigenvalue weighted by Gasteiger charge is -2.25. The van der Waals surface area contributed by atoms with Crippen LogP contribution in [0.4, 0.5) is 0 Å². The first-order valence-corrected chi connectivity index (χ1v) is 9.19. The fraction of sp³-hybridized carbons (Fsp3) is 0.182. The van der Waals surface area contributed by atoms with E-state index in [0.717, 1.165) is 10.8 Å². The summed E-state index contributed by atoms with van der Waals surface area (Å²) in [6.45, 7) is 0.0769. The number of hydrogen-bond acceptors (Lipinski definition) is 7. The molecule has 1 aliphatic rings. The topological polar surface area (TPSA) is 98.6 Å². The van der Waals surface area contributed by atoms with E-state index in [-0.39, 0.29) is 23.9 Å². The second kappa shape index (κ2) is 8.20. The maximum atomic E-state index is 12.4. The molecule has 1 heterocycles. The minimum atomic E-state index is -0.834. The Morgan fingerprint density at radius 1 is 1.10 bits per heavy atom. The molecule has 2 N–H and O–H groups in total. The summed E-state index contributed by atoms with van der Waals surface area (Å²) in [6, 6.07) is 14.7. The molecule has 0 saturated heterocycles. The van der Waals surface area contributed by atoms with Gasteiger partial charge in [-0.15, -0.1) is 0 Å². The summed E-state index contributed by atoms with van der Waals surface area (Å²) in [5.74, 6) is 1.02. The Morgan fingerprint density at radius 2 is 1.73 bits per heavy atom. The van der Waals surface area contributed by atoms with Gasteiger partial charge in [0.05, 0.1) is 20.4 Å². The first-order valence-electron chi connectivity index (χ1n) is 9.19. The van der Waals surface area contributed by atoms with Gasteiger partial charge in [0, 0.05) is 5.56 Å². The molecule has 8 heteroatoms. The number of amides is 1. The van der Waals surface area contributed by atoms with E-state index >= 15 is 0 Å². The first kappa shape index (κ1) is 19.4. The van der Waals surface area contributed by atoms with Crippen molar-refractivity contribution in [3.8, 4) is 28.7 Å². The van der Waals surface area contributed by atoms with Crippen LogP contribution in [0.2, 0.25) is 0 Å². The SMILES string of the molecule is COc1cc(/C=N/NC(=O)C2COc3cc4ccccc4cc3O2)cc(OC)c1O. The molecule has 3 aromatic rings. The van der Waals surface area contributed by atoms with Crippen molar-refractivity contribution in [2.75, 3.05) is 20.8 Å². The van der Waals surface area contributed by atoms with E-state index in [1.54, 1.807) is 12.1 Å². The third kappa shape index (κ3) is 3.80. The van der Waals surface area contributed by atoms with E-state index in [9.17, 15) is 9.90 Å². The highest BCUT2D eigenvalue weighted by molar-refractivity contribution is 5.88. The summed E-state index contributed by atoms with van der Waals surface area (Å²) < 4.78 is 21.7. The molecule has 1 unspecified atom stereocenters. The van der Waals surface area contributed by atoms with E-state index in [0.29, 0.717) is 17.1 Å². The molecule has 1 atom stereocenters. The number of fused-ring (bicyclic) bond motifs is 2. The first-order chi connectivity index (χ1) is 14.6. The lowest BCUT2D eigenvalue weighted by molar-refractivity contribution is -0.130. The monoisotopic (exact) mass is 408 g/mol. The van der Waals surface area contributed by atoms with Gasteiger partial charge in [-0.25, -0.2) is 5.43 Å². The number of phenolic OH excluding ortho intramolecular Hbond substituents is 1. The van der Waals surface area contributed by atoms with Crippen LogP contribution in [-0.2, 0) is 4.79 Å². The van der Waals surface area contributed by atoms with Gasteiger partial charge in [0.1, 0.15) is 6.61 Å². The van der Waals surface area contributed by atoms with Gasteiger partial charge >= 0.3 is 0 Å². The molecule has 0 radical (unpaired) electrons. The smallest absolute Gasteiger partial charge is 0.284 e. The van der Waals surface area contributed by atoms with Gasteiger partial charge in [-0.05, 0) is 35.0 Å². The molecule has 0 aliphatic carbocycles. The van der Waals surface area contributed by atoms with Gasteiger partial charge in [0.15, 0.2) is 23.0 Å². The number of carbonyl (C=O) groups is 1. The van der Waals surface area contributed by atoms with Gasteiger partial charge < -0.3 is 24.1 Å². The van der Waals surface area contributed by atoms with Gasteiger partial charge in [-0.2, -0.15) is 5.10 Å². The number of benzene rings is 3. The number of rotatable bonds is 5. The Labute approximate surface area is 172 Å². The Hall–Kier alpha value is -3.94. The average Bonchev–Trinajstić information content (AvgIpc) is 2.78. The van der Waals surface area contributed by atoms with Gasteiger partial charge in [-0.1, -0.05) is 24.3 Å². The van der Waals surface area contributed by atoms with Crippen molar-refractivity contribution in [1.82, 2.24) is 5.43 Å².